The fourth-order valence-corrected chi connectivity index (χ4v) is 8.44. The zero-order valence-electron chi connectivity index (χ0n) is 26.6. The first-order valence-electron chi connectivity index (χ1n) is 15.1. The number of sulfone groups is 1. The summed E-state index contributed by atoms with van der Waals surface area (Å²) in [6.45, 7) is 13.4. The average Bonchev–Trinajstić information content (AvgIpc) is 3.50. The molecule has 0 radical (unpaired) electrons. The average molecular weight is 618 g/mol. The molecule has 2 amide bonds. The van der Waals surface area contributed by atoms with Crippen molar-refractivity contribution in [3.8, 4) is 5.69 Å². The van der Waals surface area contributed by atoms with Gasteiger partial charge in [-0.15, -0.1) is 0 Å². The highest BCUT2D eigenvalue weighted by Gasteiger charge is 2.39. The topological polar surface area (TPSA) is 123 Å². The Morgan fingerprint density at radius 1 is 0.955 bits per heavy atom. The number of hydrogen-bond acceptors (Lipinski definition) is 6. The maximum absolute atomic E-state index is 14.2. The number of carbonyl (C=O) groups is 1. The minimum Gasteiger partial charge on any atom is -0.317 e. The minimum absolute atomic E-state index is 0.0403. The van der Waals surface area contributed by atoms with E-state index in [2.05, 4.69) is 41.8 Å². The summed E-state index contributed by atoms with van der Waals surface area (Å²) in [5.41, 5.74) is 5.02. The third-order valence-corrected chi connectivity index (χ3v) is 10.9. The number of nitrogens with one attached hydrogen (secondary N) is 3. The van der Waals surface area contributed by atoms with Gasteiger partial charge in [0.25, 0.3) is 0 Å². The van der Waals surface area contributed by atoms with E-state index in [-0.39, 0.29) is 11.3 Å². The number of aryl methyl sites for hydroxylation is 3. The highest BCUT2D eigenvalue weighted by molar-refractivity contribution is 7.91. The van der Waals surface area contributed by atoms with Gasteiger partial charge in [0.1, 0.15) is 10.7 Å². The highest BCUT2D eigenvalue weighted by atomic mass is 32.2. The summed E-state index contributed by atoms with van der Waals surface area (Å²) in [5.74, 6) is 0.508. The molecule has 1 aliphatic rings. The lowest BCUT2D eigenvalue weighted by Gasteiger charge is -2.31. The Bertz CT molecular complexity index is 1740. The molecule has 1 atom stereocenters. The van der Waals surface area contributed by atoms with E-state index in [1.54, 1.807) is 42.4 Å². The van der Waals surface area contributed by atoms with Gasteiger partial charge in [0.15, 0.2) is 9.84 Å². The van der Waals surface area contributed by atoms with E-state index in [4.69, 9.17) is 5.10 Å². The van der Waals surface area contributed by atoms with Crippen LogP contribution in [-0.4, -0.2) is 47.1 Å². The van der Waals surface area contributed by atoms with E-state index in [9.17, 15) is 13.2 Å². The zero-order valence-corrected chi connectivity index (χ0v) is 27.4. The second-order valence-corrected chi connectivity index (χ2v) is 14.8. The van der Waals surface area contributed by atoms with E-state index in [1.165, 1.54) is 0 Å². The standard InChI is InChI=1S/C33H43N7O3S/c1-21-8-14-27(15-9-21)40-29(20-28(38-40)33(4,5)6)36-32(41)35-26-12-10-24(11-13-26)31(25-16-18-34-19-17-25)44(42,43)30-22(2)37-39(7)23(30)3/h8-15,20,25,31,34H,16-19H2,1-7H3,(H2,35,36,41). The number of anilines is 2. The molecule has 0 bridgehead atoms. The second-order valence-electron chi connectivity index (χ2n) is 12.8. The van der Waals surface area contributed by atoms with Crippen molar-refractivity contribution in [1.29, 1.82) is 0 Å². The third-order valence-electron chi connectivity index (χ3n) is 8.37. The Morgan fingerprint density at radius 2 is 1.59 bits per heavy atom. The summed E-state index contributed by atoms with van der Waals surface area (Å²) in [4.78, 5) is 13.5. The van der Waals surface area contributed by atoms with Crippen LogP contribution < -0.4 is 16.0 Å². The predicted molar refractivity (Wildman–Crippen MR) is 174 cm³/mol. The SMILES string of the molecule is Cc1ccc(-n2nc(C(C)(C)C)cc2NC(=O)Nc2ccc(C(C3CCNCC3)S(=O)(=O)c3c(C)nn(C)c3C)cc2)cc1. The number of rotatable bonds is 7. The molecule has 44 heavy (non-hydrogen) atoms. The normalized spacial score (nSPS) is 15.2. The maximum atomic E-state index is 14.2. The summed E-state index contributed by atoms with van der Waals surface area (Å²) in [5, 5.41) is 17.7. The van der Waals surface area contributed by atoms with Gasteiger partial charge in [0, 0.05) is 24.2 Å². The number of hydrogen-bond donors (Lipinski definition) is 3. The molecule has 3 heterocycles. The van der Waals surface area contributed by atoms with Gasteiger partial charge in [0.2, 0.25) is 0 Å². The number of amides is 2. The first-order chi connectivity index (χ1) is 20.8. The third kappa shape index (κ3) is 6.44. The highest BCUT2D eigenvalue weighted by Crippen LogP contribution is 2.41. The quantitative estimate of drug-likeness (QED) is 0.234. The number of aromatic nitrogens is 4. The molecule has 11 heteroatoms. The minimum atomic E-state index is -3.74. The number of carbonyl (C=O) groups excluding carboxylic acids is 1. The summed E-state index contributed by atoms with van der Waals surface area (Å²) < 4.78 is 31.8. The van der Waals surface area contributed by atoms with Crippen LogP contribution in [0.25, 0.3) is 5.69 Å². The van der Waals surface area contributed by atoms with Crippen LogP contribution in [0.3, 0.4) is 0 Å². The monoisotopic (exact) mass is 617 g/mol. The van der Waals surface area contributed by atoms with Crippen LogP contribution in [0.4, 0.5) is 16.3 Å². The molecule has 1 fully saturated rings. The van der Waals surface area contributed by atoms with Crippen LogP contribution in [0.1, 0.15) is 67.1 Å². The predicted octanol–water partition coefficient (Wildman–Crippen LogP) is 5.99. The van der Waals surface area contributed by atoms with Crippen molar-refractivity contribution >= 4 is 27.4 Å². The Labute approximate surface area is 260 Å². The van der Waals surface area contributed by atoms with Crippen molar-refractivity contribution in [3.05, 3.63) is 82.8 Å². The largest absolute Gasteiger partial charge is 0.324 e. The lowest BCUT2D eigenvalue weighted by molar-refractivity contribution is 0.262. The number of benzene rings is 2. The van der Waals surface area contributed by atoms with E-state index in [1.807, 2.05) is 49.4 Å². The first kappa shape index (κ1) is 31.5. The van der Waals surface area contributed by atoms with Crippen LogP contribution in [0.2, 0.25) is 0 Å². The molecule has 234 valence electrons. The van der Waals surface area contributed by atoms with Crippen molar-refractivity contribution in [2.24, 2.45) is 13.0 Å². The van der Waals surface area contributed by atoms with Crippen molar-refractivity contribution < 1.29 is 13.2 Å². The Hall–Kier alpha value is -3.96. The van der Waals surface area contributed by atoms with Gasteiger partial charge in [0.05, 0.1) is 28.0 Å². The Balaban J connectivity index is 1.40. The molecule has 0 saturated carbocycles. The zero-order chi connectivity index (χ0) is 31.8. The molecule has 1 aliphatic heterocycles. The summed E-state index contributed by atoms with van der Waals surface area (Å²) in [7, 11) is -1.97. The van der Waals surface area contributed by atoms with Crippen LogP contribution in [0.5, 0.6) is 0 Å². The molecule has 0 aliphatic carbocycles. The van der Waals surface area contributed by atoms with Crippen molar-refractivity contribution in [1.82, 2.24) is 24.9 Å². The lowest BCUT2D eigenvalue weighted by Crippen LogP contribution is -2.34. The molecule has 5 rings (SSSR count). The van der Waals surface area contributed by atoms with Crippen molar-refractivity contribution in [2.75, 3.05) is 23.7 Å². The van der Waals surface area contributed by atoms with Gasteiger partial charge in [-0.25, -0.2) is 17.9 Å². The number of piperidine rings is 1. The van der Waals surface area contributed by atoms with Gasteiger partial charge in [-0.3, -0.25) is 10.00 Å². The van der Waals surface area contributed by atoms with E-state index in [0.29, 0.717) is 33.4 Å². The summed E-state index contributed by atoms with van der Waals surface area (Å²) >= 11 is 0. The lowest BCUT2D eigenvalue weighted by atomic mass is 9.90. The van der Waals surface area contributed by atoms with Gasteiger partial charge in [-0.1, -0.05) is 50.6 Å². The molecule has 0 spiro atoms. The second kappa shape index (κ2) is 12.2. The molecule has 4 aromatic rings. The van der Waals surface area contributed by atoms with Crippen molar-refractivity contribution in [3.63, 3.8) is 0 Å². The fourth-order valence-electron chi connectivity index (χ4n) is 5.90. The smallest absolute Gasteiger partial charge is 0.317 e. The van der Waals surface area contributed by atoms with Gasteiger partial charge in [-0.2, -0.15) is 10.2 Å². The van der Waals surface area contributed by atoms with Crippen LogP contribution in [0.15, 0.2) is 59.5 Å². The molecule has 2 aromatic heterocycles. The van der Waals surface area contributed by atoms with E-state index >= 15 is 0 Å². The molecule has 1 saturated heterocycles. The maximum Gasteiger partial charge on any atom is 0.324 e. The van der Waals surface area contributed by atoms with Gasteiger partial charge < -0.3 is 10.6 Å². The fraction of sp³-hybridized carbons (Fsp3) is 0.424. The van der Waals surface area contributed by atoms with Crippen LogP contribution >= 0.6 is 0 Å². The van der Waals surface area contributed by atoms with Gasteiger partial charge >= 0.3 is 6.03 Å². The molecule has 3 N–H and O–H groups in total. The van der Waals surface area contributed by atoms with Crippen LogP contribution in [-0.2, 0) is 22.3 Å². The number of urea groups is 1. The first-order valence-corrected chi connectivity index (χ1v) is 16.6. The molecule has 2 aromatic carbocycles. The molecular weight excluding hydrogens is 574 g/mol. The molecule has 1 unspecified atom stereocenters. The van der Waals surface area contributed by atoms with Gasteiger partial charge in [-0.05, 0) is 82.4 Å². The molecule has 10 nitrogen and oxygen atoms in total. The molecular formula is C33H43N7O3S. The Kier molecular flexibility index (Phi) is 8.73. The van der Waals surface area contributed by atoms with Crippen LogP contribution in [0, 0.1) is 26.7 Å². The summed E-state index contributed by atoms with van der Waals surface area (Å²) in [6, 6.07) is 16.6. The van der Waals surface area contributed by atoms with Crippen molar-refractivity contribution in [2.45, 2.75) is 69.9 Å². The van der Waals surface area contributed by atoms with E-state index in [0.717, 1.165) is 42.9 Å². The number of nitrogens with zero attached hydrogens (tertiary/aromatic N) is 4. The van der Waals surface area contributed by atoms with E-state index < -0.39 is 21.1 Å². The summed E-state index contributed by atoms with van der Waals surface area (Å²) in [6.07, 6.45) is 1.52. The Morgan fingerprint density at radius 3 is 2.16 bits per heavy atom.